The average Bonchev–Trinajstić information content (AvgIpc) is 3.19. The molecule has 1 aliphatic carbocycles. The molecule has 0 spiro atoms. The molecule has 0 bridgehead atoms. The summed E-state index contributed by atoms with van der Waals surface area (Å²) in [7, 11) is 0. The molecule has 170 valence electrons. The van der Waals surface area contributed by atoms with Crippen LogP contribution in [-0.4, -0.2) is 24.5 Å². The largest absolute Gasteiger partial charge is 0.550 e. The van der Waals surface area contributed by atoms with Gasteiger partial charge in [-0.15, -0.1) is 11.3 Å². The second-order valence-electron chi connectivity index (χ2n) is 8.23. The van der Waals surface area contributed by atoms with Crippen LogP contribution in [0.4, 0.5) is 5.00 Å². The van der Waals surface area contributed by atoms with Gasteiger partial charge in [-0.2, -0.15) is 0 Å². The Hall–Kier alpha value is -2.93. The first-order valence-corrected chi connectivity index (χ1v) is 11.6. The molecule has 3 atom stereocenters. The zero-order chi connectivity index (χ0) is 23.4. The number of carbonyl (C=O) groups is 3. The van der Waals surface area contributed by atoms with Crippen molar-refractivity contribution in [3.05, 3.63) is 63.5 Å². The van der Waals surface area contributed by atoms with Crippen LogP contribution in [0.2, 0.25) is 0 Å². The van der Waals surface area contributed by atoms with Gasteiger partial charge >= 0.3 is 5.97 Å². The second-order valence-corrected chi connectivity index (χ2v) is 9.32. The van der Waals surface area contributed by atoms with Crippen LogP contribution >= 0.6 is 11.3 Å². The summed E-state index contributed by atoms with van der Waals surface area (Å²) in [5.41, 5.74) is 3.36. The lowest BCUT2D eigenvalue weighted by molar-refractivity contribution is -0.313. The number of anilines is 1. The quantitative estimate of drug-likeness (QED) is 0.501. The van der Waals surface area contributed by atoms with Gasteiger partial charge in [0.05, 0.1) is 18.1 Å². The van der Waals surface area contributed by atoms with E-state index in [2.05, 4.69) is 5.32 Å². The van der Waals surface area contributed by atoms with Crippen LogP contribution in [0.15, 0.2) is 47.5 Å². The SMILES string of the molecule is CCOC(=O)c1cc([C@@H](C)c2ccccc2)sc1NC(=O)[C@@H]1CC(C)=C(C)C[C@@H]1C(=O)[O-]. The summed E-state index contributed by atoms with van der Waals surface area (Å²) in [5, 5.41) is 14.9. The van der Waals surface area contributed by atoms with Crippen LogP contribution in [-0.2, 0) is 14.3 Å². The number of nitrogens with one attached hydrogen (secondary N) is 1. The fourth-order valence-electron chi connectivity index (χ4n) is 4.00. The molecule has 0 aliphatic heterocycles. The smallest absolute Gasteiger partial charge is 0.341 e. The average molecular weight is 455 g/mol. The third-order valence-electron chi connectivity index (χ3n) is 6.12. The van der Waals surface area contributed by atoms with E-state index in [0.717, 1.165) is 21.6 Å². The summed E-state index contributed by atoms with van der Waals surface area (Å²) in [6, 6.07) is 11.6. The maximum Gasteiger partial charge on any atom is 0.341 e. The highest BCUT2D eigenvalue weighted by Gasteiger charge is 2.34. The van der Waals surface area contributed by atoms with E-state index in [1.165, 1.54) is 11.3 Å². The maximum atomic E-state index is 13.1. The minimum absolute atomic E-state index is 0.0125. The molecule has 1 N–H and O–H groups in total. The van der Waals surface area contributed by atoms with Crippen molar-refractivity contribution >= 4 is 34.2 Å². The van der Waals surface area contributed by atoms with E-state index < -0.39 is 29.7 Å². The number of rotatable bonds is 7. The fraction of sp³-hybridized carbons (Fsp3) is 0.400. The number of benzene rings is 1. The molecule has 1 aliphatic rings. The number of ether oxygens (including phenoxy) is 1. The lowest BCUT2D eigenvalue weighted by Crippen LogP contribution is -2.42. The fourth-order valence-corrected chi connectivity index (χ4v) is 5.13. The van der Waals surface area contributed by atoms with Gasteiger partial charge in [0.15, 0.2) is 0 Å². The van der Waals surface area contributed by atoms with Crippen LogP contribution in [0.25, 0.3) is 0 Å². The number of amides is 1. The predicted octanol–water partition coefficient (Wildman–Crippen LogP) is 4.13. The summed E-state index contributed by atoms with van der Waals surface area (Å²) in [6.45, 7) is 7.76. The monoisotopic (exact) mass is 454 g/mol. The van der Waals surface area contributed by atoms with Crippen molar-refractivity contribution < 1.29 is 24.2 Å². The summed E-state index contributed by atoms with van der Waals surface area (Å²) in [4.78, 5) is 38.3. The minimum atomic E-state index is -1.23. The van der Waals surface area contributed by atoms with Gasteiger partial charge in [0.2, 0.25) is 5.91 Å². The third-order valence-corrected chi connectivity index (χ3v) is 7.35. The molecule has 32 heavy (non-hydrogen) atoms. The summed E-state index contributed by atoms with van der Waals surface area (Å²) >= 11 is 1.31. The van der Waals surface area contributed by atoms with Gasteiger partial charge in [0, 0.05) is 22.7 Å². The number of hydrogen-bond acceptors (Lipinski definition) is 6. The van der Waals surface area contributed by atoms with Gasteiger partial charge in [0.1, 0.15) is 5.00 Å². The van der Waals surface area contributed by atoms with Crippen molar-refractivity contribution in [1.82, 2.24) is 0 Å². The highest BCUT2D eigenvalue weighted by molar-refractivity contribution is 7.16. The van der Waals surface area contributed by atoms with E-state index in [4.69, 9.17) is 4.74 Å². The lowest BCUT2D eigenvalue weighted by atomic mass is 9.76. The number of hydrogen-bond donors (Lipinski definition) is 1. The molecule has 0 unspecified atom stereocenters. The number of carboxylic acid groups (broad SMARTS) is 1. The second kappa shape index (κ2) is 10.1. The molecule has 6 nitrogen and oxygen atoms in total. The lowest BCUT2D eigenvalue weighted by Gasteiger charge is -2.32. The Morgan fingerprint density at radius 3 is 2.34 bits per heavy atom. The first kappa shape index (κ1) is 23.7. The molecule has 1 aromatic heterocycles. The molecule has 0 saturated heterocycles. The highest BCUT2D eigenvalue weighted by Crippen LogP contribution is 2.39. The van der Waals surface area contributed by atoms with Crippen molar-refractivity contribution in [2.24, 2.45) is 11.8 Å². The number of carboxylic acids is 1. The first-order valence-electron chi connectivity index (χ1n) is 10.8. The standard InChI is InChI=1S/C25H29NO5S/c1-5-31-25(30)20-13-21(16(4)17-9-7-6-8-10-17)32-23(20)26-22(27)18-11-14(2)15(3)12-19(18)24(28)29/h6-10,13,16,18-19H,5,11-12H2,1-4H3,(H,26,27)(H,28,29)/p-1/t16-,18+,19-/m0/s1. The van der Waals surface area contributed by atoms with Crippen LogP contribution in [0.5, 0.6) is 0 Å². The van der Waals surface area contributed by atoms with E-state index in [-0.39, 0.29) is 24.5 Å². The van der Waals surface area contributed by atoms with Crippen molar-refractivity contribution in [1.29, 1.82) is 0 Å². The normalized spacial score (nSPS) is 19.4. The molecule has 0 radical (unpaired) electrons. The minimum Gasteiger partial charge on any atom is -0.550 e. The zero-order valence-corrected chi connectivity index (χ0v) is 19.6. The highest BCUT2D eigenvalue weighted by atomic mass is 32.1. The Morgan fingerprint density at radius 2 is 1.75 bits per heavy atom. The number of allylic oxidation sites excluding steroid dienone is 2. The number of esters is 1. The van der Waals surface area contributed by atoms with E-state index >= 15 is 0 Å². The Balaban J connectivity index is 1.92. The van der Waals surface area contributed by atoms with Gasteiger partial charge in [-0.25, -0.2) is 4.79 Å². The molecule has 1 heterocycles. The number of aliphatic carboxylic acids is 1. The molecule has 1 aromatic carbocycles. The van der Waals surface area contributed by atoms with E-state index in [1.807, 2.05) is 51.1 Å². The Morgan fingerprint density at radius 1 is 1.12 bits per heavy atom. The van der Waals surface area contributed by atoms with Crippen molar-refractivity contribution in [3.8, 4) is 0 Å². The molecule has 0 fully saturated rings. The topological polar surface area (TPSA) is 95.5 Å². The molecule has 0 saturated carbocycles. The zero-order valence-electron chi connectivity index (χ0n) is 18.8. The summed E-state index contributed by atoms with van der Waals surface area (Å²) in [6.07, 6.45) is 0.640. The molecular formula is C25H28NO5S-. The molecule has 3 rings (SSSR count). The van der Waals surface area contributed by atoms with Gasteiger partial charge < -0.3 is 20.0 Å². The van der Waals surface area contributed by atoms with Crippen LogP contribution in [0.1, 0.15) is 67.3 Å². The number of thiophene rings is 1. The van der Waals surface area contributed by atoms with Crippen molar-refractivity contribution in [2.75, 3.05) is 11.9 Å². The first-order chi connectivity index (χ1) is 15.2. The molecule has 1 amide bonds. The Labute approximate surface area is 192 Å². The molecule has 7 heteroatoms. The molecule has 2 aromatic rings. The van der Waals surface area contributed by atoms with Crippen LogP contribution in [0, 0.1) is 11.8 Å². The van der Waals surface area contributed by atoms with Crippen LogP contribution < -0.4 is 10.4 Å². The van der Waals surface area contributed by atoms with E-state index in [0.29, 0.717) is 11.4 Å². The number of carbonyl (C=O) groups excluding carboxylic acids is 3. The summed E-state index contributed by atoms with van der Waals surface area (Å²) < 4.78 is 5.19. The van der Waals surface area contributed by atoms with Crippen molar-refractivity contribution in [2.45, 2.75) is 46.5 Å². The van der Waals surface area contributed by atoms with Crippen LogP contribution in [0.3, 0.4) is 0 Å². The van der Waals surface area contributed by atoms with Crippen molar-refractivity contribution in [3.63, 3.8) is 0 Å². The maximum absolute atomic E-state index is 13.1. The third kappa shape index (κ3) is 5.10. The van der Waals surface area contributed by atoms with E-state index in [9.17, 15) is 19.5 Å². The Bertz CT molecular complexity index is 1040. The summed E-state index contributed by atoms with van der Waals surface area (Å²) in [5.74, 6) is -3.80. The van der Waals surface area contributed by atoms with Gasteiger partial charge in [-0.05, 0) is 45.2 Å². The molecular weight excluding hydrogens is 426 g/mol. The van der Waals surface area contributed by atoms with Gasteiger partial charge in [0.25, 0.3) is 0 Å². The predicted molar refractivity (Wildman–Crippen MR) is 122 cm³/mol. The van der Waals surface area contributed by atoms with Gasteiger partial charge in [-0.3, -0.25) is 4.79 Å². The van der Waals surface area contributed by atoms with Gasteiger partial charge in [-0.1, -0.05) is 48.4 Å². The van der Waals surface area contributed by atoms with E-state index in [1.54, 1.807) is 13.0 Å². The Kier molecular flexibility index (Phi) is 7.51.